The molecule has 3 N–H and O–H groups in total. The van der Waals surface area contributed by atoms with E-state index in [1.807, 2.05) is 13.8 Å². The van der Waals surface area contributed by atoms with Crippen molar-refractivity contribution in [1.82, 2.24) is 10.6 Å². The molecule has 0 saturated heterocycles. The van der Waals surface area contributed by atoms with E-state index in [1.165, 1.54) is 0 Å². The molecule has 0 spiro atoms. The van der Waals surface area contributed by atoms with Gasteiger partial charge in [0.1, 0.15) is 0 Å². The molecule has 14 heavy (non-hydrogen) atoms. The number of aliphatic hydroxyl groups excluding tert-OH is 1. The smallest absolute Gasteiger partial charge is 0.315 e. The van der Waals surface area contributed by atoms with E-state index in [9.17, 15) is 4.79 Å². The predicted octanol–water partition coefficient (Wildman–Crippen LogP) is 0.879. The molecule has 0 aliphatic heterocycles. The number of urea groups is 1. The Morgan fingerprint density at radius 1 is 1.57 bits per heavy atom. The van der Waals surface area contributed by atoms with Gasteiger partial charge in [-0.25, -0.2) is 4.79 Å². The summed E-state index contributed by atoms with van der Waals surface area (Å²) >= 11 is 0. The molecule has 2 amide bonds. The fraction of sp³-hybridized carbons (Fsp3) is 0.700. The maximum Gasteiger partial charge on any atom is 0.315 e. The molecule has 0 saturated carbocycles. The number of hydrogen-bond acceptors (Lipinski definition) is 2. The van der Waals surface area contributed by atoms with E-state index in [4.69, 9.17) is 5.11 Å². The molecule has 4 nitrogen and oxygen atoms in total. The highest BCUT2D eigenvalue weighted by Crippen LogP contribution is 2.04. The molecule has 0 heterocycles. The maximum absolute atomic E-state index is 11.2. The predicted molar refractivity (Wildman–Crippen MR) is 57.1 cm³/mol. The molecule has 0 rings (SSSR count). The van der Waals surface area contributed by atoms with Crippen molar-refractivity contribution in [3.05, 3.63) is 12.7 Å². The number of carbonyl (C=O) groups is 1. The second-order valence-corrected chi connectivity index (χ2v) is 3.51. The molecule has 0 aromatic rings. The Hall–Kier alpha value is -1.03. The molecule has 0 bridgehead atoms. The summed E-state index contributed by atoms with van der Waals surface area (Å²) in [6.45, 7) is 8.06. The maximum atomic E-state index is 11.2. The van der Waals surface area contributed by atoms with Gasteiger partial charge in [-0.05, 0) is 12.3 Å². The molecule has 0 radical (unpaired) electrons. The third-order valence-corrected chi connectivity index (χ3v) is 1.97. The normalized spacial score (nSPS) is 12.3. The van der Waals surface area contributed by atoms with Gasteiger partial charge in [0.25, 0.3) is 0 Å². The van der Waals surface area contributed by atoms with Crippen LogP contribution in [-0.2, 0) is 0 Å². The van der Waals surface area contributed by atoms with Gasteiger partial charge >= 0.3 is 6.03 Å². The summed E-state index contributed by atoms with van der Waals surface area (Å²) in [6, 6.07) is -0.193. The molecule has 1 atom stereocenters. The average molecular weight is 200 g/mol. The van der Waals surface area contributed by atoms with Crippen molar-refractivity contribution in [2.45, 2.75) is 26.3 Å². The quantitative estimate of drug-likeness (QED) is 0.557. The summed E-state index contributed by atoms with van der Waals surface area (Å²) < 4.78 is 0. The summed E-state index contributed by atoms with van der Waals surface area (Å²) in [7, 11) is 0. The van der Waals surface area contributed by atoms with Gasteiger partial charge in [-0.3, -0.25) is 0 Å². The lowest BCUT2D eigenvalue weighted by Gasteiger charge is -2.21. The van der Waals surface area contributed by atoms with Gasteiger partial charge in [0, 0.05) is 19.2 Å². The summed E-state index contributed by atoms with van der Waals surface area (Å²) in [6.07, 6.45) is 2.20. The second kappa shape index (κ2) is 7.38. The summed E-state index contributed by atoms with van der Waals surface area (Å²) in [5.41, 5.74) is 0. The first-order valence-corrected chi connectivity index (χ1v) is 4.88. The Balaban J connectivity index is 3.89. The van der Waals surface area contributed by atoms with Crippen molar-refractivity contribution in [2.75, 3.05) is 13.2 Å². The molecule has 0 aliphatic carbocycles. The molecule has 1 unspecified atom stereocenters. The van der Waals surface area contributed by atoms with E-state index in [0.717, 1.165) is 0 Å². The minimum Gasteiger partial charge on any atom is -0.396 e. The van der Waals surface area contributed by atoms with Crippen LogP contribution in [0.1, 0.15) is 20.3 Å². The van der Waals surface area contributed by atoms with Crippen molar-refractivity contribution >= 4 is 6.03 Å². The summed E-state index contributed by atoms with van der Waals surface area (Å²) in [5, 5.41) is 14.2. The molecule has 0 fully saturated rings. The Kier molecular flexibility index (Phi) is 6.84. The molecule has 4 heteroatoms. The number of carbonyl (C=O) groups excluding carboxylic acids is 1. The van der Waals surface area contributed by atoms with Crippen LogP contribution in [0, 0.1) is 5.92 Å². The summed E-state index contributed by atoms with van der Waals surface area (Å²) in [4.78, 5) is 11.2. The van der Waals surface area contributed by atoms with Gasteiger partial charge < -0.3 is 15.7 Å². The molecular weight excluding hydrogens is 180 g/mol. The number of nitrogens with one attached hydrogen (secondary N) is 2. The van der Waals surface area contributed by atoms with Gasteiger partial charge in [0.2, 0.25) is 0 Å². The second-order valence-electron chi connectivity index (χ2n) is 3.51. The van der Waals surface area contributed by atoms with Gasteiger partial charge in [0.05, 0.1) is 0 Å². The van der Waals surface area contributed by atoms with Crippen LogP contribution in [0.2, 0.25) is 0 Å². The van der Waals surface area contributed by atoms with Crippen molar-refractivity contribution in [2.24, 2.45) is 5.92 Å². The Labute approximate surface area is 85.4 Å². The van der Waals surface area contributed by atoms with Crippen LogP contribution in [0.5, 0.6) is 0 Å². The van der Waals surface area contributed by atoms with E-state index in [-0.39, 0.29) is 18.7 Å². The topological polar surface area (TPSA) is 61.4 Å². The number of hydrogen-bond donors (Lipinski definition) is 3. The van der Waals surface area contributed by atoms with E-state index in [1.54, 1.807) is 6.08 Å². The van der Waals surface area contributed by atoms with E-state index in [0.29, 0.717) is 18.9 Å². The van der Waals surface area contributed by atoms with Crippen LogP contribution in [0.3, 0.4) is 0 Å². The van der Waals surface area contributed by atoms with Crippen molar-refractivity contribution in [3.8, 4) is 0 Å². The fourth-order valence-corrected chi connectivity index (χ4v) is 1.10. The lowest BCUT2D eigenvalue weighted by molar-refractivity contribution is 0.220. The number of amides is 2. The number of rotatable bonds is 6. The lowest BCUT2D eigenvalue weighted by atomic mass is 10.0. The lowest BCUT2D eigenvalue weighted by Crippen LogP contribution is -2.44. The zero-order valence-electron chi connectivity index (χ0n) is 8.92. The minimum absolute atomic E-state index is 0.0183. The van der Waals surface area contributed by atoms with Crippen molar-refractivity contribution in [1.29, 1.82) is 0 Å². The van der Waals surface area contributed by atoms with Crippen LogP contribution in [0.25, 0.3) is 0 Å². The SMILES string of the molecule is C=CCNC(=O)NC(CCO)C(C)C. The molecule has 0 aromatic heterocycles. The fourth-order valence-electron chi connectivity index (χ4n) is 1.10. The highest BCUT2D eigenvalue weighted by Gasteiger charge is 2.14. The largest absolute Gasteiger partial charge is 0.396 e. The van der Waals surface area contributed by atoms with E-state index in [2.05, 4.69) is 17.2 Å². The third-order valence-electron chi connectivity index (χ3n) is 1.97. The van der Waals surface area contributed by atoms with Gasteiger partial charge in [-0.2, -0.15) is 0 Å². The van der Waals surface area contributed by atoms with Crippen LogP contribution >= 0.6 is 0 Å². The molecule has 0 aromatic carbocycles. The summed E-state index contributed by atoms with van der Waals surface area (Å²) in [5.74, 6) is 0.316. The van der Waals surface area contributed by atoms with Crippen LogP contribution in [-0.4, -0.2) is 30.3 Å². The van der Waals surface area contributed by atoms with Crippen LogP contribution in [0.15, 0.2) is 12.7 Å². The third kappa shape index (κ3) is 5.59. The Morgan fingerprint density at radius 2 is 2.21 bits per heavy atom. The zero-order chi connectivity index (χ0) is 11.0. The standard InChI is InChI=1S/C10H20N2O2/c1-4-6-11-10(14)12-9(5-7-13)8(2)3/h4,8-9,13H,1,5-7H2,2-3H3,(H2,11,12,14). The van der Waals surface area contributed by atoms with Crippen LogP contribution < -0.4 is 10.6 Å². The van der Waals surface area contributed by atoms with Gasteiger partial charge in [-0.15, -0.1) is 6.58 Å². The van der Waals surface area contributed by atoms with Crippen LogP contribution in [0.4, 0.5) is 4.79 Å². The molecule has 82 valence electrons. The highest BCUT2D eigenvalue weighted by atomic mass is 16.3. The number of aliphatic hydroxyl groups is 1. The van der Waals surface area contributed by atoms with Gasteiger partial charge in [0.15, 0.2) is 0 Å². The first kappa shape index (κ1) is 13.0. The van der Waals surface area contributed by atoms with Crippen molar-refractivity contribution in [3.63, 3.8) is 0 Å². The first-order chi connectivity index (χ1) is 6.61. The molecular formula is C10H20N2O2. The molecule has 0 aliphatic rings. The highest BCUT2D eigenvalue weighted by molar-refractivity contribution is 5.74. The Bertz CT molecular complexity index is 181. The zero-order valence-corrected chi connectivity index (χ0v) is 8.92. The minimum atomic E-state index is -0.211. The van der Waals surface area contributed by atoms with Gasteiger partial charge in [-0.1, -0.05) is 19.9 Å². The monoisotopic (exact) mass is 200 g/mol. The van der Waals surface area contributed by atoms with E-state index < -0.39 is 0 Å². The van der Waals surface area contributed by atoms with Crippen molar-refractivity contribution < 1.29 is 9.90 Å². The first-order valence-electron chi connectivity index (χ1n) is 4.88. The average Bonchev–Trinajstić information content (AvgIpc) is 2.14. The Morgan fingerprint density at radius 3 is 2.64 bits per heavy atom. The van der Waals surface area contributed by atoms with E-state index >= 15 is 0 Å².